The van der Waals surface area contributed by atoms with Crippen molar-refractivity contribution in [3.05, 3.63) is 0 Å². The fourth-order valence-electron chi connectivity index (χ4n) is 0.687. The van der Waals surface area contributed by atoms with Crippen molar-refractivity contribution in [3.63, 3.8) is 0 Å². The number of hydrogen-bond acceptors (Lipinski definition) is 1. The van der Waals surface area contributed by atoms with Crippen molar-refractivity contribution in [2.45, 2.75) is 19.3 Å². The molecule has 1 rings (SSSR count). The van der Waals surface area contributed by atoms with Crippen LogP contribution in [0.25, 0.3) is 0 Å². The molecule has 1 aliphatic heterocycles. The van der Waals surface area contributed by atoms with Crippen LogP contribution in [0.2, 0.25) is 0 Å². The first-order valence-corrected chi connectivity index (χ1v) is 21.2. The molecule has 0 atom stereocenters. The van der Waals surface area contributed by atoms with E-state index in [9.17, 15) is 0 Å². The molecule has 1 heterocycles. The SMILES string of the molecule is C1CCOCC1.[I][Zn][I]. The summed E-state index contributed by atoms with van der Waals surface area (Å²) < 4.78 is 5.07. The van der Waals surface area contributed by atoms with Gasteiger partial charge in [0.05, 0.1) is 0 Å². The Morgan fingerprint density at radius 1 is 1.00 bits per heavy atom. The number of hydrogen-bond donors (Lipinski definition) is 0. The third kappa shape index (κ3) is 10.0. The van der Waals surface area contributed by atoms with Crippen LogP contribution < -0.4 is 0 Å². The van der Waals surface area contributed by atoms with E-state index >= 15 is 0 Å². The summed E-state index contributed by atoms with van der Waals surface area (Å²) in [4.78, 5) is 0. The van der Waals surface area contributed by atoms with Crippen LogP contribution in [0.5, 0.6) is 0 Å². The molecule has 0 radical (unpaired) electrons. The van der Waals surface area contributed by atoms with E-state index in [-0.39, 0.29) is 10.1 Å². The zero-order chi connectivity index (χ0) is 6.95. The van der Waals surface area contributed by atoms with Gasteiger partial charge >= 0.3 is 49.6 Å². The van der Waals surface area contributed by atoms with Gasteiger partial charge in [-0.3, -0.25) is 0 Å². The summed E-state index contributed by atoms with van der Waals surface area (Å²) in [5, 5.41) is 0. The molecule has 0 aromatic rings. The van der Waals surface area contributed by atoms with Gasteiger partial charge in [-0.2, -0.15) is 0 Å². The van der Waals surface area contributed by atoms with Gasteiger partial charge in [0.15, 0.2) is 0 Å². The molecular formula is C5H10I2OZn. The van der Waals surface area contributed by atoms with Crippen LogP contribution in [0.1, 0.15) is 19.3 Å². The van der Waals surface area contributed by atoms with Crippen molar-refractivity contribution >= 4 is 39.5 Å². The van der Waals surface area contributed by atoms with Crippen LogP contribution in [-0.4, -0.2) is 13.2 Å². The number of rotatable bonds is 0. The Balaban J connectivity index is 0.000000187. The van der Waals surface area contributed by atoms with Gasteiger partial charge in [0, 0.05) is 13.2 Å². The van der Waals surface area contributed by atoms with Crippen molar-refractivity contribution in [1.82, 2.24) is 0 Å². The Bertz CT molecular complexity index is 38.7. The minimum atomic E-state index is 0.0650. The van der Waals surface area contributed by atoms with E-state index in [2.05, 4.69) is 39.5 Å². The van der Waals surface area contributed by atoms with Crippen molar-refractivity contribution in [3.8, 4) is 0 Å². The quantitative estimate of drug-likeness (QED) is 0.445. The van der Waals surface area contributed by atoms with E-state index in [1.807, 2.05) is 0 Å². The van der Waals surface area contributed by atoms with Gasteiger partial charge in [-0.05, 0) is 19.3 Å². The van der Waals surface area contributed by atoms with E-state index in [0.29, 0.717) is 0 Å². The van der Waals surface area contributed by atoms with Crippen LogP contribution >= 0.6 is 39.5 Å². The second-order valence-electron chi connectivity index (χ2n) is 1.77. The predicted octanol–water partition coefficient (Wildman–Crippen LogP) is 2.96. The third-order valence-electron chi connectivity index (χ3n) is 1.08. The maximum atomic E-state index is 5.07. The molecule has 0 aromatic carbocycles. The molecule has 0 N–H and O–H groups in total. The Labute approximate surface area is 85.6 Å². The molecule has 9 heavy (non-hydrogen) atoms. The second kappa shape index (κ2) is 10.0. The summed E-state index contributed by atoms with van der Waals surface area (Å²) in [6, 6.07) is 0. The summed E-state index contributed by atoms with van der Waals surface area (Å²) in [6.45, 7) is 2.00. The van der Waals surface area contributed by atoms with Gasteiger partial charge in [0.1, 0.15) is 0 Å². The molecule has 0 aliphatic carbocycles. The molecule has 0 saturated carbocycles. The molecule has 1 aliphatic rings. The topological polar surface area (TPSA) is 9.23 Å². The molecule has 0 aromatic heterocycles. The fraction of sp³-hybridized carbons (Fsp3) is 1.00. The molecule has 0 amide bonds. The van der Waals surface area contributed by atoms with Crippen LogP contribution in [0, 0.1) is 0 Å². The first-order valence-electron chi connectivity index (χ1n) is 3.11. The van der Waals surface area contributed by atoms with Gasteiger partial charge in [-0.25, -0.2) is 0 Å². The van der Waals surface area contributed by atoms with Crippen LogP contribution in [0.4, 0.5) is 0 Å². The van der Waals surface area contributed by atoms with E-state index in [1.54, 1.807) is 0 Å². The summed E-state index contributed by atoms with van der Waals surface area (Å²) in [5.41, 5.74) is 0. The molecular weight excluding hydrogens is 395 g/mol. The van der Waals surface area contributed by atoms with Crippen molar-refractivity contribution in [2.24, 2.45) is 0 Å². The zero-order valence-corrected chi connectivity index (χ0v) is 12.7. The number of ether oxygens (including phenoxy) is 1. The summed E-state index contributed by atoms with van der Waals surface area (Å²) in [7, 11) is 0.0650. The van der Waals surface area contributed by atoms with Crippen LogP contribution in [-0.2, 0) is 14.8 Å². The van der Waals surface area contributed by atoms with Gasteiger partial charge in [-0.1, -0.05) is 0 Å². The molecule has 1 nitrogen and oxygen atoms in total. The normalized spacial score (nSPS) is 17.1. The van der Waals surface area contributed by atoms with Crippen LogP contribution in [0.3, 0.4) is 0 Å². The summed E-state index contributed by atoms with van der Waals surface area (Å²) >= 11 is 4.93. The third-order valence-corrected chi connectivity index (χ3v) is 1.08. The van der Waals surface area contributed by atoms with E-state index < -0.39 is 0 Å². The molecule has 0 bridgehead atoms. The molecule has 52 valence electrons. The van der Waals surface area contributed by atoms with Crippen molar-refractivity contribution in [2.75, 3.05) is 13.2 Å². The standard InChI is InChI=1S/C5H10O.2HI.Zn/c1-2-4-6-5-3-1;;;/h1-5H2;2*1H;/q;;;+2/p-2. The summed E-state index contributed by atoms with van der Waals surface area (Å²) in [5.74, 6) is 0. The zero-order valence-electron chi connectivity index (χ0n) is 5.41. The van der Waals surface area contributed by atoms with Gasteiger partial charge in [0.2, 0.25) is 0 Å². The maximum absolute atomic E-state index is 5.07. The second-order valence-corrected chi connectivity index (χ2v) is 25.3. The average Bonchev–Trinajstić information content (AvgIpc) is 1.93. The first-order chi connectivity index (χ1) is 4.41. The molecule has 1 fully saturated rings. The van der Waals surface area contributed by atoms with E-state index in [1.165, 1.54) is 19.3 Å². The molecule has 1 saturated heterocycles. The van der Waals surface area contributed by atoms with Crippen LogP contribution in [0.15, 0.2) is 0 Å². The minimum absolute atomic E-state index is 0.0650. The predicted molar refractivity (Wildman–Crippen MR) is 52.7 cm³/mol. The van der Waals surface area contributed by atoms with E-state index in [0.717, 1.165) is 13.2 Å². The molecule has 0 spiro atoms. The van der Waals surface area contributed by atoms with Gasteiger partial charge in [-0.15, -0.1) is 0 Å². The molecule has 4 heteroatoms. The first kappa shape index (κ1) is 11.0. The Hall–Kier alpha value is 2.04. The Morgan fingerprint density at radius 2 is 1.44 bits per heavy atom. The van der Waals surface area contributed by atoms with Crippen molar-refractivity contribution in [1.29, 1.82) is 0 Å². The van der Waals surface area contributed by atoms with Gasteiger partial charge in [0.25, 0.3) is 0 Å². The fourth-order valence-corrected chi connectivity index (χ4v) is 0.687. The van der Waals surface area contributed by atoms with E-state index in [4.69, 9.17) is 4.74 Å². The van der Waals surface area contributed by atoms with Crippen molar-refractivity contribution < 1.29 is 14.8 Å². The Morgan fingerprint density at radius 3 is 1.56 bits per heavy atom. The molecule has 0 unspecified atom stereocenters. The summed E-state index contributed by atoms with van der Waals surface area (Å²) in [6.07, 6.45) is 3.93. The number of halogens is 2. The average molecular weight is 405 g/mol. The van der Waals surface area contributed by atoms with Gasteiger partial charge < -0.3 is 4.74 Å². The Kier molecular flexibility index (Phi) is 12.3. The monoisotopic (exact) mass is 404 g/mol.